The molecule has 5 heteroatoms. The van der Waals surface area contributed by atoms with Gasteiger partial charge in [0.2, 0.25) is 0 Å². The predicted molar refractivity (Wildman–Crippen MR) is 105 cm³/mol. The van der Waals surface area contributed by atoms with E-state index in [-0.39, 0.29) is 6.61 Å². The molecule has 0 spiro atoms. The van der Waals surface area contributed by atoms with Crippen LogP contribution in [0.2, 0.25) is 0 Å². The Morgan fingerprint density at radius 2 is 1.96 bits per heavy atom. The molecule has 0 atom stereocenters. The van der Waals surface area contributed by atoms with E-state index in [1.165, 1.54) is 27.9 Å². The van der Waals surface area contributed by atoms with E-state index >= 15 is 0 Å². The number of hydrogen-bond acceptors (Lipinski definition) is 4. The van der Waals surface area contributed by atoms with E-state index in [4.69, 9.17) is 9.26 Å². The zero-order chi connectivity index (χ0) is 18.8. The van der Waals surface area contributed by atoms with Crippen LogP contribution >= 0.6 is 0 Å². The molecule has 0 saturated carbocycles. The van der Waals surface area contributed by atoms with Gasteiger partial charge in [-0.3, -0.25) is 0 Å². The zero-order valence-electron chi connectivity index (χ0n) is 15.3. The highest BCUT2D eigenvalue weighted by Crippen LogP contribution is 2.29. The zero-order valence-corrected chi connectivity index (χ0v) is 15.3. The summed E-state index contributed by atoms with van der Waals surface area (Å²) in [7, 11) is 0. The van der Waals surface area contributed by atoms with E-state index in [1.807, 2.05) is 19.1 Å². The normalized spacial score (nSPS) is 11.6. The summed E-state index contributed by atoms with van der Waals surface area (Å²) < 4.78 is 12.5. The van der Waals surface area contributed by atoms with E-state index < -0.39 is 5.97 Å². The van der Waals surface area contributed by atoms with Crippen LogP contribution in [0.25, 0.3) is 27.9 Å². The van der Waals surface area contributed by atoms with E-state index in [9.17, 15) is 4.79 Å². The molecule has 0 fully saturated rings. The molecule has 2 aromatic carbocycles. The van der Waals surface area contributed by atoms with Crippen molar-refractivity contribution in [3.8, 4) is 0 Å². The Bertz CT molecular complexity index is 1150. The number of rotatable bonds is 5. The van der Waals surface area contributed by atoms with Gasteiger partial charge in [0.1, 0.15) is 0 Å². The molecule has 2 aromatic heterocycles. The SMILES string of the molecule is CCn1c2ccccc2c2cc(C=CC(=O)OCc3cc(C)no3)ccc21. The van der Waals surface area contributed by atoms with Crippen LogP contribution < -0.4 is 0 Å². The molecule has 27 heavy (non-hydrogen) atoms. The van der Waals surface area contributed by atoms with Gasteiger partial charge in [0.05, 0.1) is 5.69 Å². The first-order chi connectivity index (χ1) is 13.2. The highest BCUT2D eigenvalue weighted by molar-refractivity contribution is 6.08. The Labute approximate surface area is 156 Å². The Kier molecular flexibility index (Phi) is 4.50. The lowest BCUT2D eigenvalue weighted by atomic mass is 10.1. The number of carbonyl (C=O) groups excluding carboxylic acids is 1. The van der Waals surface area contributed by atoms with Crippen LogP contribution in [0.4, 0.5) is 0 Å². The van der Waals surface area contributed by atoms with Crippen molar-refractivity contribution < 1.29 is 14.1 Å². The summed E-state index contributed by atoms with van der Waals surface area (Å²) in [6, 6.07) is 16.3. The number of nitrogens with zero attached hydrogens (tertiary/aromatic N) is 2. The number of benzene rings is 2. The summed E-state index contributed by atoms with van der Waals surface area (Å²) in [5.74, 6) is 0.114. The highest BCUT2D eigenvalue weighted by Gasteiger charge is 2.09. The molecule has 4 rings (SSSR count). The maximum absolute atomic E-state index is 11.9. The molecule has 5 nitrogen and oxygen atoms in total. The monoisotopic (exact) mass is 360 g/mol. The number of ether oxygens (including phenoxy) is 1. The van der Waals surface area contributed by atoms with Gasteiger partial charge in [-0.05, 0) is 43.7 Å². The quantitative estimate of drug-likeness (QED) is 0.376. The van der Waals surface area contributed by atoms with E-state index in [0.717, 1.165) is 17.8 Å². The number of esters is 1. The largest absolute Gasteiger partial charge is 0.454 e. The standard InChI is InChI=1S/C22H20N2O3/c1-3-24-20-7-5-4-6-18(20)19-13-16(8-10-21(19)24)9-11-22(25)26-14-17-12-15(2)23-27-17/h4-13H,3,14H2,1-2H3. The summed E-state index contributed by atoms with van der Waals surface area (Å²) in [4.78, 5) is 11.9. The Morgan fingerprint density at radius 3 is 2.74 bits per heavy atom. The first-order valence-electron chi connectivity index (χ1n) is 8.93. The maximum Gasteiger partial charge on any atom is 0.331 e. The fourth-order valence-corrected chi connectivity index (χ4v) is 3.35. The van der Waals surface area contributed by atoms with Gasteiger partial charge < -0.3 is 13.8 Å². The van der Waals surface area contributed by atoms with Crippen LogP contribution in [0.1, 0.15) is 23.9 Å². The molecular formula is C22H20N2O3. The number of carbonyl (C=O) groups is 1. The lowest BCUT2D eigenvalue weighted by Crippen LogP contribution is -1.99. The van der Waals surface area contributed by atoms with Gasteiger partial charge >= 0.3 is 5.97 Å². The molecule has 0 bridgehead atoms. The maximum atomic E-state index is 11.9. The van der Waals surface area contributed by atoms with Crippen LogP contribution in [0.3, 0.4) is 0 Å². The van der Waals surface area contributed by atoms with Crippen molar-refractivity contribution in [3.63, 3.8) is 0 Å². The van der Waals surface area contributed by atoms with Crippen LogP contribution in [0, 0.1) is 6.92 Å². The van der Waals surface area contributed by atoms with E-state index in [1.54, 1.807) is 12.1 Å². The summed E-state index contributed by atoms with van der Waals surface area (Å²) >= 11 is 0. The first-order valence-corrected chi connectivity index (χ1v) is 8.93. The topological polar surface area (TPSA) is 57.3 Å². The summed E-state index contributed by atoms with van der Waals surface area (Å²) in [5, 5.41) is 6.16. The molecule has 136 valence electrons. The van der Waals surface area contributed by atoms with Crippen molar-refractivity contribution in [2.75, 3.05) is 0 Å². The van der Waals surface area contributed by atoms with Crippen LogP contribution in [0.5, 0.6) is 0 Å². The second-order valence-electron chi connectivity index (χ2n) is 6.41. The number of para-hydroxylation sites is 1. The molecule has 4 aromatic rings. The van der Waals surface area contributed by atoms with Gasteiger partial charge in [-0.2, -0.15) is 0 Å². The van der Waals surface area contributed by atoms with Gasteiger partial charge in [-0.1, -0.05) is 29.4 Å². The fraction of sp³-hybridized carbons (Fsp3) is 0.182. The second kappa shape index (κ2) is 7.11. The minimum Gasteiger partial charge on any atom is -0.454 e. The van der Waals surface area contributed by atoms with Crippen LogP contribution in [-0.2, 0) is 22.7 Å². The minimum absolute atomic E-state index is 0.0764. The Balaban J connectivity index is 1.56. The van der Waals surface area contributed by atoms with Crippen molar-refractivity contribution in [2.45, 2.75) is 27.0 Å². The third kappa shape index (κ3) is 3.36. The molecule has 0 radical (unpaired) electrons. The summed E-state index contributed by atoms with van der Waals surface area (Å²) in [6.07, 6.45) is 3.20. The van der Waals surface area contributed by atoms with Gasteiger partial charge in [0, 0.05) is 40.5 Å². The van der Waals surface area contributed by atoms with Crippen molar-refractivity contribution in [2.24, 2.45) is 0 Å². The summed E-state index contributed by atoms with van der Waals surface area (Å²) in [6.45, 7) is 4.95. The van der Waals surface area contributed by atoms with Crippen molar-refractivity contribution in [1.29, 1.82) is 0 Å². The van der Waals surface area contributed by atoms with Gasteiger partial charge in [0.25, 0.3) is 0 Å². The average molecular weight is 360 g/mol. The van der Waals surface area contributed by atoms with Gasteiger partial charge in [0.15, 0.2) is 12.4 Å². The van der Waals surface area contributed by atoms with Crippen molar-refractivity contribution in [3.05, 3.63) is 71.6 Å². The third-order valence-electron chi connectivity index (χ3n) is 4.56. The van der Waals surface area contributed by atoms with Crippen LogP contribution in [-0.4, -0.2) is 15.7 Å². The molecule has 0 unspecified atom stereocenters. The Morgan fingerprint density at radius 1 is 1.15 bits per heavy atom. The Hall–Kier alpha value is -3.34. The second-order valence-corrected chi connectivity index (χ2v) is 6.41. The number of aromatic nitrogens is 2. The molecule has 0 aliphatic rings. The molecule has 0 aliphatic heterocycles. The average Bonchev–Trinajstić information content (AvgIpc) is 3.25. The predicted octanol–water partition coefficient (Wildman–Crippen LogP) is 4.87. The van der Waals surface area contributed by atoms with Gasteiger partial charge in [-0.25, -0.2) is 4.79 Å². The van der Waals surface area contributed by atoms with E-state index in [0.29, 0.717) is 5.76 Å². The lowest BCUT2D eigenvalue weighted by molar-refractivity contribution is -0.139. The highest BCUT2D eigenvalue weighted by atomic mass is 16.5. The van der Waals surface area contributed by atoms with Crippen molar-refractivity contribution >= 4 is 33.9 Å². The lowest BCUT2D eigenvalue weighted by Gasteiger charge is -2.02. The molecule has 2 heterocycles. The molecule has 0 amide bonds. The number of aryl methyl sites for hydroxylation is 2. The smallest absolute Gasteiger partial charge is 0.331 e. The van der Waals surface area contributed by atoms with Gasteiger partial charge in [-0.15, -0.1) is 0 Å². The molecule has 0 saturated heterocycles. The number of fused-ring (bicyclic) bond motifs is 3. The third-order valence-corrected chi connectivity index (χ3v) is 4.56. The van der Waals surface area contributed by atoms with Crippen molar-refractivity contribution in [1.82, 2.24) is 9.72 Å². The summed E-state index contributed by atoms with van der Waals surface area (Å²) in [5.41, 5.74) is 4.13. The molecular weight excluding hydrogens is 340 g/mol. The molecule has 0 N–H and O–H groups in total. The first kappa shape index (κ1) is 17.1. The number of hydrogen-bond donors (Lipinski definition) is 0. The molecule has 0 aliphatic carbocycles. The van der Waals surface area contributed by atoms with E-state index in [2.05, 4.69) is 47.0 Å². The minimum atomic E-state index is -0.417. The van der Waals surface area contributed by atoms with Crippen LogP contribution in [0.15, 0.2) is 59.1 Å². The fourth-order valence-electron chi connectivity index (χ4n) is 3.35.